The van der Waals surface area contributed by atoms with Crippen LogP contribution in [0.1, 0.15) is 25.7 Å². The maximum atomic E-state index is 12.0. The van der Waals surface area contributed by atoms with E-state index in [0.717, 1.165) is 25.7 Å². The lowest BCUT2D eigenvalue weighted by atomic mass is 9.93. The molecule has 106 valence electrons. The molecule has 2 atom stereocenters. The van der Waals surface area contributed by atoms with Crippen LogP contribution in [0, 0.1) is 0 Å². The summed E-state index contributed by atoms with van der Waals surface area (Å²) < 4.78 is 0. The van der Waals surface area contributed by atoms with Gasteiger partial charge in [-0.2, -0.15) is 0 Å². The number of anilines is 2. The number of fused-ring (bicyclic) bond motifs is 1. The van der Waals surface area contributed by atoms with Gasteiger partial charge in [0.15, 0.2) is 0 Å². The molecule has 0 bridgehead atoms. The second kappa shape index (κ2) is 5.13. The fourth-order valence-electron chi connectivity index (χ4n) is 2.68. The zero-order chi connectivity index (χ0) is 14.1. The van der Waals surface area contributed by atoms with Crippen LogP contribution >= 0.6 is 0 Å². The molecule has 2 unspecified atom stereocenters. The van der Waals surface area contributed by atoms with Gasteiger partial charge in [0.25, 0.3) is 5.56 Å². The zero-order valence-corrected chi connectivity index (χ0v) is 11.1. The monoisotopic (exact) mass is 274 g/mol. The molecule has 0 spiro atoms. The number of hydrogen-bond acceptors (Lipinski definition) is 5. The van der Waals surface area contributed by atoms with E-state index < -0.39 is 6.10 Å². The quantitative estimate of drug-likeness (QED) is 0.616. The zero-order valence-electron chi connectivity index (χ0n) is 11.1. The normalized spacial score (nSPS) is 22.9. The smallest absolute Gasteiger partial charge is 0.260 e. The SMILES string of the molecule is Nc1ccc2nc(NC3CCCCC3O)[nH]c(=O)c2c1. The summed E-state index contributed by atoms with van der Waals surface area (Å²) in [6.45, 7) is 0. The molecule has 3 rings (SSSR count). The summed E-state index contributed by atoms with van der Waals surface area (Å²) in [5, 5.41) is 13.6. The third-order valence-corrected chi connectivity index (χ3v) is 3.78. The number of rotatable bonds is 2. The maximum absolute atomic E-state index is 12.0. The van der Waals surface area contributed by atoms with Crippen molar-refractivity contribution < 1.29 is 5.11 Å². The first-order valence-electron chi connectivity index (χ1n) is 6.87. The summed E-state index contributed by atoms with van der Waals surface area (Å²) in [4.78, 5) is 19.1. The Morgan fingerprint density at radius 2 is 2.15 bits per heavy atom. The maximum Gasteiger partial charge on any atom is 0.260 e. The number of aliphatic hydroxyl groups is 1. The van der Waals surface area contributed by atoms with Gasteiger partial charge in [-0.1, -0.05) is 12.8 Å². The number of nitrogens with two attached hydrogens (primary N) is 1. The minimum Gasteiger partial charge on any atom is -0.399 e. The van der Waals surface area contributed by atoms with Crippen molar-refractivity contribution in [1.82, 2.24) is 9.97 Å². The van der Waals surface area contributed by atoms with Gasteiger partial charge in [-0.05, 0) is 31.0 Å². The van der Waals surface area contributed by atoms with Crippen LogP contribution in [0.5, 0.6) is 0 Å². The Balaban J connectivity index is 1.92. The van der Waals surface area contributed by atoms with Crippen LogP contribution in [0.3, 0.4) is 0 Å². The summed E-state index contributed by atoms with van der Waals surface area (Å²) in [6.07, 6.45) is 3.39. The number of aromatic nitrogens is 2. The largest absolute Gasteiger partial charge is 0.399 e. The Morgan fingerprint density at radius 3 is 2.95 bits per heavy atom. The van der Waals surface area contributed by atoms with Crippen molar-refractivity contribution in [3.63, 3.8) is 0 Å². The lowest BCUT2D eigenvalue weighted by molar-refractivity contribution is 0.116. The molecule has 0 amide bonds. The number of hydrogen-bond donors (Lipinski definition) is 4. The van der Waals surface area contributed by atoms with Gasteiger partial charge in [0.05, 0.1) is 23.0 Å². The minimum atomic E-state index is -0.392. The molecule has 0 saturated heterocycles. The lowest BCUT2D eigenvalue weighted by Crippen LogP contribution is -2.37. The van der Waals surface area contributed by atoms with E-state index in [2.05, 4.69) is 15.3 Å². The van der Waals surface area contributed by atoms with Crippen LogP contribution in [0.25, 0.3) is 10.9 Å². The third-order valence-electron chi connectivity index (χ3n) is 3.78. The van der Waals surface area contributed by atoms with Crippen LogP contribution in [0.15, 0.2) is 23.0 Å². The second-order valence-electron chi connectivity index (χ2n) is 5.29. The molecule has 1 aliphatic carbocycles. The Hall–Kier alpha value is -2.08. The highest BCUT2D eigenvalue weighted by molar-refractivity contribution is 5.81. The average molecular weight is 274 g/mol. The molecule has 20 heavy (non-hydrogen) atoms. The number of nitrogens with zero attached hydrogens (tertiary/aromatic N) is 1. The van der Waals surface area contributed by atoms with Crippen molar-refractivity contribution >= 4 is 22.5 Å². The highest BCUT2D eigenvalue weighted by Gasteiger charge is 2.23. The van der Waals surface area contributed by atoms with E-state index in [-0.39, 0.29) is 11.6 Å². The number of nitrogen functional groups attached to an aromatic ring is 1. The number of H-pyrrole nitrogens is 1. The molecule has 0 aliphatic heterocycles. The van der Waals surface area contributed by atoms with Gasteiger partial charge in [0, 0.05) is 5.69 Å². The summed E-state index contributed by atoms with van der Waals surface area (Å²) in [6, 6.07) is 5.00. The van der Waals surface area contributed by atoms with E-state index >= 15 is 0 Å². The van der Waals surface area contributed by atoms with Gasteiger partial charge in [0.1, 0.15) is 0 Å². The van der Waals surface area contributed by atoms with Crippen LogP contribution in [0.4, 0.5) is 11.6 Å². The lowest BCUT2D eigenvalue weighted by Gasteiger charge is -2.28. The molecule has 1 saturated carbocycles. The van der Waals surface area contributed by atoms with Crippen molar-refractivity contribution in [2.24, 2.45) is 0 Å². The first-order valence-corrected chi connectivity index (χ1v) is 6.87. The fourth-order valence-corrected chi connectivity index (χ4v) is 2.68. The molecular formula is C14H18N4O2. The molecule has 1 aliphatic rings. The first kappa shape index (κ1) is 12.9. The standard InChI is InChI=1S/C14H18N4O2/c15-8-5-6-10-9(7-8)13(20)18-14(16-10)17-11-3-1-2-4-12(11)19/h5-7,11-12,19H,1-4,15H2,(H2,16,17,18,20). The molecule has 6 nitrogen and oxygen atoms in total. The molecule has 1 fully saturated rings. The van der Waals surface area contributed by atoms with Crippen molar-refractivity contribution in [1.29, 1.82) is 0 Å². The van der Waals surface area contributed by atoms with Crippen LogP contribution in [0.2, 0.25) is 0 Å². The van der Waals surface area contributed by atoms with Crippen LogP contribution < -0.4 is 16.6 Å². The Kier molecular flexibility index (Phi) is 3.31. The summed E-state index contributed by atoms with van der Waals surface area (Å²) in [5.74, 6) is 0.401. The Labute approximate surface area is 116 Å². The van der Waals surface area contributed by atoms with E-state index in [1.807, 2.05) is 0 Å². The van der Waals surface area contributed by atoms with Gasteiger partial charge in [-0.3, -0.25) is 9.78 Å². The summed E-state index contributed by atoms with van der Waals surface area (Å²) >= 11 is 0. The van der Waals surface area contributed by atoms with Crippen molar-refractivity contribution in [2.75, 3.05) is 11.1 Å². The number of nitrogens with one attached hydrogen (secondary N) is 2. The van der Waals surface area contributed by atoms with Gasteiger partial charge < -0.3 is 16.2 Å². The van der Waals surface area contributed by atoms with Crippen molar-refractivity contribution in [3.05, 3.63) is 28.6 Å². The molecule has 1 aromatic heterocycles. The van der Waals surface area contributed by atoms with E-state index in [4.69, 9.17) is 5.73 Å². The molecule has 2 aromatic rings. The molecular weight excluding hydrogens is 256 g/mol. The predicted molar refractivity (Wildman–Crippen MR) is 78.7 cm³/mol. The highest BCUT2D eigenvalue weighted by atomic mass is 16.3. The summed E-state index contributed by atoms with van der Waals surface area (Å²) in [7, 11) is 0. The average Bonchev–Trinajstić information content (AvgIpc) is 2.42. The van der Waals surface area contributed by atoms with Gasteiger partial charge in [0.2, 0.25) is 5.95 Å². The van der Waals surface area contributed by atoms with Crippen LogP contribution in [-0.2, 0) is 0 Å². The molecule has 5 N–H and O–H groups in total. The fraction of sp³-hybridized carbons (Fsp3) is 0.429. The molecule has 6 heteroatoms. The number of aliphatic hydroxyl groups excluding tert-OH is 1. The van der Waals surface area contributed by atoms with E-state index in [1.165, 1.54) is 0 Å². The Morgan fingerprint density at radius 1 is 1.35 bits per heavy atom. The number of aromatic amines is 1. The van der Waals surface area contributed by atoms with Gasteiger partial charge in [-0.25, -0.2) is 4.98 Å². The van der Waals surface area contributed by atoms with Crippen LogP contribution in [-0.4, -0.2) is 27.2 Å². The minimum absolute atomic E-state index is 0.0573. The number of benzene rings is 1. The molecule has 0 radical (unpaired) electrons. The van der Waals surface area contributed by atoms with Crippen molar-refractivity contribution in [3.8, 4) is 0 Å². The van der Waals surface area contributed by atoms with Crippen molar-refractivity contribution in [2.45, 2.75) is 37.8 Å². The highest BCUT2D eigenvalue weighted by Crippen LogP contribution is 2.21. The predicted octanol–water partition coefficient (Wildman–Crippen LogP) is 1.22. The van der Waals surface area contributed by atoms with E-state index in [0.29, 0.717) is 22.5 Å². The van der Waals surface area contributed by atoms with E-state index in [1.54, 1.807) is 18.2 Å². The molecule has 1 aromatic carbocycles. The topological polar surface area (TPSA) is 104 Å². The molecule has 1 heterocycles. The summed E-state index contributed by atoms with van der Waals surface area (Å²) in [5.41, 5.74) is 6.57. The second-order valence-corrected chi connectivity index (χ2v) is 5.29. The third kappa shape index (κ3) is 2.46. The Bertz CT molecular complexity index is 682. The van der Waals surface area contributed by atoms with Gasteiger partial charge in [-0.15, -0.1) is 0 Å². The van der Waals surface area contributed by atoms with Gasteiger partial charge >= 0.3 is 0 Å². The first-order chi connectivity index (χ1) is 9.63. The van der Waals surface area contributed by atoms with E-state index in [9.17, 15) is 9.90 Å².